The molecule has 1 aromatic rings. The number of carbonyl (C=O) groups excluding carboxylic acids is 1. The van der Waals surface area contributed by atoms with Gasteiger partial charge in [-0.15, -0.1) is 0 Å². The molecule has 0 spiro atoms. The summed E-state index contributed by atoms with van der Waals surface area (Å²) in [7, 11) is 0. The third-order valence-corrected chi connectivity index (χ3v) is 2.36. The van der Waals surface area contributed by atoms with Crippen molar-refractivity contribution in [2.75, 3.05) is 6.61 Å². The second-order valence-electron chi connectivity index (χ2n) is 3.15. The van der Waals surface area contributed by atoms with Gasteiger partial charge in [0, 0.05) is 5.02 Å². The Labute approximate surface area is 94.2 Å². The van der Waals surface area contributed by atoms with Gasteiger partial charge in [0.05, 0.1) is 6.61 Å². The van der Waals surface area contributed by atoms with Crippen molar-refractivity contribution in [2.45, 2.75) is 19.4 Å². The minimum Gasteiger partial charge on any atom is -0.465 e. The molecule has 0 unspecified atom stereocenters. The van der Waals surface area contributed by atoms with E-state index in [1.807, 2.05) is 18.2 Å². The zero-order valence-corrected chi connectivity index (χ0v) is 9.33. The quantitative estimate of drug-likeness (QED) is 0.798. The molecule has 0 bridgehead atoms. The van der Waals surface area contributed by atoms with Crippen molar-refractivity contribution in [2.24, 2.45) is 5.73 Å². The fourth-order valence-electron chi connectivity index (χ4n) is 1.23. The molecule has 0 aliphatic carbocycles. The van der Waals surface area contributed by atoms with E-state index in [0.717, 1.165) is 5.56 Å². The normalized spacial score (nSPS) is 12.2. The lowest BCUT2D eigenvalue weighted by Crippen LogP contribution is -2.34. The van der Waals surface area contributed by atoms with Gasteiger partial charge in [0.25, 0.3) is 0 Å². The van der Waals surface area contributed by atoms with Gasteiger partial charge in [0.2, 0.25) is 0 Å². The smallest absolute Gasteiger partial charge is 0.323 e. The molecule has 0 saturated heterocycles. The van der Waals surface area contributed by atoms with E-state index in [2.05, 4.69) is 0 Å². The maximum absolute atomic E-state index is 11.3. The minimum atomic E-state index is -0.648. The Hall–Kier alpha value is -1.06. The van der Waals surface area contributed by atoms with Gasteiger partial charge in [-0.25, -0.2) is 0 Å². The van der Waals surface area contributed by atoms with Crippen LogP contribution in [0.1, 0.15) is 12.5 Å². The molecule has 0 radical (unpaired) electrons. The van der Waals surface area contributed by atoms with Crippen molar-refractivity contribution in [3.8, 4) is 0 Å². The van der Waals surface area contributed by atoms with Crippen LogP contribution in [-0.4, -0.2) is 18.6 Å². The summed E-state index contributed by atoms with van der Waals surface area (Å²) in [6.07, 6.45) is 0.401. The summed E-state index contributed by atoms with van der Waals surface area (Å²) in [5, 5.41) is 0.622. The highest BCUT2D eigenvalue weighted by molar-refractivity contribution is 6.31. The van der Waals surface area contributed by atoms with E-state index in [1.54, 1.807) is 13.0 Å². The molecule has 3 nitrogen and oxygen atoms in total. The molecule has 0 heterocycles. The van der Waals surface area contributed by atoms with Crippen molar-refractivity contribution in [1.29, 1.82) is 0 Å². The van der Waals surface area contributed by atoms with E-state index >= 15 is 0 Å². The van der Waals surface area contributed by atoms with E-state index in [0.29, 0.717) is 18.1 Å². The van der Waals surface area contributed by atoms with Crippen molar-refractivity contribution in [1.82, 2.24) is 0 Å². The molecular weight excluding hydrogens is 214 g/mol. The Morgan fingerprint density at radius 2 is 2.20 bits per heavy atom. The van der Waals surface area contributed by atoms with Crippen molar-refractivity contribution < 1.29 is 9.53 Å². The summed E-state index contributed by atoms with van der Waals surface area (Å²) in [4.78, 5) is 11.3. The van der Waals surface area contributed by atoms with E-state index in [-0.39, 0.29) is 0 Å². The van der Waals surface area contributed by atoms with Gasteiger partial charge in [-0.1, -0.05) is 29.8 Å². The second-order valence-corrected chi connectivity index (χ2v) is 3.56. The molecule has 0 fully saturated rings. The molecule has 4 heteroatoms. The summed E-state index contributed by atoms with van der Waals surface area (Å²) in [6, 6.07) is 6.67. The summed E-state index contributed by atoms with van der Waals surface area (Å²) in [6.45, 7) is 2.09. The van der Waals surface area contributed by atoms with Gasteiger partial charge in [0.1, 0.15) is 6.04 Å². The predicted molar refractivity (Wildman–Crippen MR) is 59.8 cm³/mol. The van der Waals surface area contributed by atoms with Crippen LogP contribution in [-0.2, 0) is 16.0 Å². The van der Waals surface area contributed by atoms with Crippen molar-refractivity contribution >= 4 is 17.6 Å². The van der Waals surface area contributed by atoms with E-state index in [1.165, 1.54) is 0 Å². The van der Waals surface area contributed by atoms with E-state index in [9.17, 15) is 4.79 Å². The third-order valence-electron chi connectivity index (χ3n) is 1.99. The highest BCUT2D eigenvalue weighted by Crippen LogP contribution is 2.16. The molecule has 82 valence electrons. The predicted octanol–water partition coefficient (Wildman–Crippen LogP) is 1.77. The number of ether oxygens (including phenoxy) is 1. The molecular formula is C11H14ClNO2. The van der Waals surface area contributed by atoms with Crippen LogP contribution in [0.15, 0.2) is 24.3 Å². The summed E-state index contributed by atoms with van der Waals surface area (Å²) in [5.74, 6) is -0.391. The Bertz CT molecular complexity index is 341. The number of benzene rings is 1. The number of hydrogen-bond donors (Lipinski definition) is 1. The number of halogens is 1. The summed E-state index contributed by atoms with van der Waals surface area (Å²) < 4.78 is 4.81. The van der Waals surface area contributed by atoms with Crippen LogP contribution in [0.4, 0.5) is 0 Å². The highest BCUT2D eigenvalue weighted by atomic mass is 35.5. The molecule has 2 N–H and O–H groups in total. The summed E-state index contributed by atoms with van der Waals surface area (Å²) in [5.41, 5.74) is 6.53. The Balaban J connectivity index is 2.62. The van der Waals surface area contributed by atoms with Crippen molar-refractivity contribution in [3.63, 3.8) is 0 Å². The maximum Gasteiger partial charge on any atom is 0.323 e. The van der Waals surface area contributed by atoms with Gasteiger partial charge >= 0.3 is 5.97 Å². The first kappa shape index (κ1) is 12.0. The molecule has 15 heavy (non-hydrogen) atoms. The molecule has 1 atom stereocenters. The first-order chi connectivity index (χ1) is 7.15. The second kappa shape index (κ2) is 5.73. The third kappa shape index (κ3) is 3.53. The maximum atomic E-state index is 11.3. The van der Waals surface area contributed by atoms with Gasteiger partial charge in [-0.05, 0) is 25.0 Å². The van der Waals surface area contributed by atoms with Crippen LogP contribution < -0.4 is 5.73 Å². The molecule has 0 aromatic heterocycles. The fourth-order valence-corrected chi connectivity index (χ4v) is 1.45. The van der Waals surface area contributed by atoms with Gasteiger partial charge in [-0.2, -0.15) is 0 Å². The lowest BCUT2D eigenvalue weighted by molar-refractivity contribution is -0.144. The average Bonchev–Trinajstić information content (AvgIpc) is 2.21. The number of nitrogens with two attached hydrogens (primary N) is 1. The first-order valence-corrected chi connectivity index (χ1v) is 5.18. The average molecular weight is 228 g/mol. The topological polar surface area (TPSA) is 52.3 Å². The van der Waals surface area contributed by atoms with Gasteiger partial charge in [-0.3, -0.25) is 4.79 Å². The Kier molecular flexibility index (Phi) is 4.59. The number of hydrogen-bond acceptors (Lipinski definition) is 3. The summed E-state index contributed by atoms with van der Waals surface area (Å²) >= 11 is 5.94. The van der Waals surface area contributed by atoms with E-state index in [4.69, 9.17) is 22.1 Å². The number of esters is 1. The largest absolute Gasteiger partial charge is 0.465 e. The zero-order valence-electron chi connectivity index (χ0n) is 8.57. The molecule has 0 aliphatic rings. The van der Waals surface area contributed by atoms with Gasteiger partial charge in [0.15, 0.2) is 0 Å². The van der Waals surface area contributed by atoms with Crippen LogP contribution in [0.5, 0.6) is 0 Å². The molecule has 1 rings (SSSR count). The Morgan fingerprint density at radius 3 is 2.80 bits per heavy atom. The first-order valence-electron chi connectivity index (χ1n) is 4.80. The molecule has 0 amide bonds. The molecule has 1 aromatic carbocycles. The number of carbonyl (C=O) groups is 1. The minimum absolute atomic E-state index is 0.342. The lowest BCUT2D eigenvalue weighted by Gasteiger charge is -2.11. The monoisotopic (exact) mass is 227 g/mol. The zero-order chi connectivity index (χ0) is 11.3. The van der Waals surface area contributed by atoms with Crippen LogP contribution in [0.3, 0.4) is 0 Å². The number of rotatable bonds is 4. The highest BCUT2D eigenvalue weighted by Gasteiger charge is 2.15. The van der Waals surface area contributed by atoms with Crippen LogP contribution >= 0.6 is 11.6 Å². The van der Waals surface area contributed by atoms with E-state index < -0.39 is 12.0 Å². The SMILES string of the molecule is CCOC(=O)[C@H](N)Cc1ccccc1Cl. The van der Waals surface area contributed by atoms with Crippen molar-refractivity contribution in [3.05, 3.63) is 34.9 Å². The van der Waals surface area contributed by atoms with Crippen LogP contribution in [0.25, 0.3) is 0 Å². The fraction of sp³-hybridized carbons (Fsp3) is 0.364. The molecule has 0 aliphatic heterocycles. The standard InChI is InChI=1S/C11H14ClNO2/c1-2-15-11(14)10(13)7-8-5-3-4-6-9(8)12/h3-6,10H,2,7,13H2,1H3/t10-/m1/s1. The lowest BCUT2D eigenvalue weighted by atomic mass is 10.1. The van der Waals surface area contributed by atoms with Gasteiger partial charge < -0.3 is 10.5 Å². The Morgan fingerprint density at radius 1 is 1.53 bits per heavy atom. The van der Waals surface area contributed by atoms with Crippen LogP contribution in [0, 0.1) is 0 Å². The van der Waals surface area contributed by atoms with Crippen LogP contribution in [0.2, 0.25) is 5.02 Å². The molecule has 0 saturated carbocycles.